The summed E-state index contributed by atoms with van der Waals surface area (Å²) >= 11 is 1.63. The van der Waals surface area contributed by atoms with Gasteiger partial charge in [-0.2, -0.15) is 0 Å². The van der Waals surface area contributed by atoms with Crippen LogP contribution in [-0.2, 0) is 0 Å². The highest BCUT2D eigenvalue weighted by atomic mass is 32.1. The summed E-state index contributed by atoms with van der Waals surface area (Å²) in [6, 6.07) is 39.5. The monoisotopic (exact) mass is 584 g/mol. The minimum Gasteiger partial charge on any atom is -0.308 e. The van der Waals surface area contributed by atoms with E-state index in [0.29, 0.717) is 39.3 Å². The van der Waals surface area contributed by atoms with E-state index in [1.165, 1.54) is 12.1 Å². The van der Waals surface area contributed by atoms with Gasteiger partial charge in [-0.1, -0.05) is 121 Å². The molecule has 0 N–H and O–H groups in total. The highest BCUT2D eigenvalue weighted by Crippen LogP contribution is 2.43. The SMILES string of the molecule is [2H]c1cc([2H])c2c(c1)c1cc([2H])cc([2H])c1n2-c1cccc2c1sc1c(-c3nc(-c4ccccc4)nc(-c4ccccc4)n3)cccc12. The Balaban J connectivity index is 1.34. The molecular formula is C39H24N4S. The molecular weight excluding hydrogens is 557 g/mol. The molecule has 9 rings (SSSR count). The summed E-state index contributed by atoms with van der Waals surface area (Å²) in [6.45, 7) is 0. The number of hydrogen-bond donors (Lipinski definition) is 0. The van der Waals surface area contributed by atoms with Crippen molar-refractivity contribution in [2.75, 3.05) is 0 Å². The minimum atomic E-state index is 0.200. The van der Waals surface area contributed by atoms with Crippen LogP contribution in [0.25, 0.3) is 81.8 Å². The van der Waals surface area contributed by atoms with Crippen LogP contribution >= 0.6 is 11.3 Å². The van der Waals surface area contributed by atoms with Gasteiger partial charge >= 0.3 is 0 Å². The Labute approximate surface area is 263 Å². The molecule has 3 heterocycles. The van der Waals surface area contributed by atoms with E-state index in [1.54, 1.807) is 23.5 Å². The summed E-state index contributed by atoms with van der Waals surface area (Å²) < 4.78 is 38.5. The topological polar surface area (TPSA) is 43.6 Å². The average molecular weight is 585 g/mol. The molecule has 0 unspecified atom stereocenters. The third-order valence-electron chi connectivity index (χ3n) is 7.97. The van der Waals surface area contributed by atoms with Crippen molar-refractivity contribution in [2.24, 2.45) is 0 Å². The largest absolute Gasteiger partial charge is 0.308 e. The Bertz CT molecular complexity index is 2600. The van der Waals surface area contributed by atoms with Gasteiger partial charge in [0.2, 0.25) is 0 Å². The quantitative estimate of drug-likeness (QED) is 0.207. The fraction of sp³-hybridized carbons (Fsp3) is 0. The Morgan fingerprint density at radius 1 is 0.477 bits per heavy atom. The summed E-state index contributed by atoms with van der Waals surface area (Å²) in [6.07, 6.45) is 0. The first-order valence-electron chi connectivity index (χ1n) is 16.3. The van der Waals surface area contributed by atoms with Gasteiger partial charge < -0.3 is 4.57 Å². The maximum Gasteiger partial charge on any atom is 0.165 e. The number of benzene rings is 6. The zero-order valence-electron chi connectivity index (χ0n) is 27.2. The first kappa shape index (κ1) is 21.1. The molecule has 0 spiro atoms. The first-order chi connectivity index (χ1) is 23.4. The second-order valence-corrected chi connectivity index (χ2v) is 11.6. The molecule has 4 nitrogen and oxygen atoms in total. The van der Waals surface area contributed by atoms with Crippen LogP contribution < -0.4 is 0 Å². The second kappa shape index (κ2) is 9.97. The van der Waals surface area contributed by atoms with Gasteiger partial charge in [0.25, 0.3) is 0 Å². The number of aromatic nitrogens is 4. The van der Waals surface area contributed by atoms with Gasteiger partial charge in [0.1, 0.15) is 0 Å². The predicted molar refractivity (Wildman–Crippen MR) is 183 cm³/mol. The predicted octanol–water partition coefficient (Wildman–Crippen LogP) is 10.3. The molecule has 0 fully saturated rings. The molecule has 5 heteroatoms. The van der Waals surface area contributed by atoms with Crippen LogP contribution in [0.3, 0.4) is 0 Å². The molecule has 44 heavy (non-hydrogen) atoms. The molecule has 3 aromatic heterocycles. The Kier molecular flexibility index (Phi) is 4.78. The van der Waals surface area contributed by atoms with E-state index in [-0.39, 0.29) is 24.2 Å². The van der Waals surface area contributed by atoms with E-state index >= 15 is 0 Å². The minimum absolute atomic E-state index is 0.200. The van der Waals surface area contributed by atoms with Crippen LogP contribution in [-0.4, -0.2) is 19.5 Å². The standard InChI is InChI=1S/C39H24N4S/c1-3-13-25(14-4-1)37-40-38(26-15-5-2-6-16-26)42-39(41-37)31-21-11-19-29-30-20-12-24-34(36(30)44-35(29)31)43-32-22-9-7-17-27(32)28-18-8-10-23-33(28)43/h1-24H/i7D,8D,22D,23D. The molecule has 0 aliphatic carbocycles. The lowest BCUT2D eigenvalue weighted by molar-refractivity contribution is 1.08. The van der Waals surface area contributed by atoms with Crippen molar-refractivity contribution in [2.45, 2.75) is 0 Å². The molecule has 0 saturated carbocycles. The highest BCUT2D eigenvalue weighted by Gasteiger charge is 2.19. The van der Waals surface area contributed by atoms with Gasteiger partial charge in [-0.3, -0.25) is 0 Å². The van der Waals surface area contributed by atoms with E-state index in [2.05, 4.69) is 12.1 Å². The van der Waals surface area contributed by atoms with Crippen LogP contribution in [0, 0.1) is 0 Å². The second-order valence-electron chi connectivity index (χ2n) is 10.5. The lowest BCUT2D eigenvalue weighted by Gasteiger charge is -2.09. The summed E-state index contributed by atoms with van der Waals surface area (Å²) in [4.78, 5) is 14.9. The number of thiophene rings is 1. The smallest absolute Gasteiger partial charge is 0.165 e. The van der Waals surface area contributed by atoms with Crippen molar-refractivity contribution in [3.05, 3.63) is 145 Å². The third kappa shape index (κ3) is 3.87. The van der Waals surface area contributed by atoms with Gasteiger partial charge in [0.05, 0.1) is 26.9 Å². The van der Waals surface area contributed by atoms with Crippen molar-refractivity contribution >= 4 is 53.3 Å². The first-order valence-corrected chi connectivity index (χ1v) is 15.1. The molecule has 9 aromatic rings. The maximum atomic E-state index is 8.93. The van der Waals surface area contributed by atoms with Gasteiger partial charge in [-0.25, -0.2) is 15.0 Å². The van der Waals surface area contributed by atoms with Crippen LogP contribution in [0.4, 0.5) is 0 Å². The van der Waals surface area contributed by atoms with E-state index in [0.717, 1.165) is 42.6 Å². The Morgan fingerprint density at radius 2 is 1.02 bits per heavy atom. The van der Waals surface area contributed by atoms with Gasteiger partial charge in [0.15, 0.2) is 17.5 Å². The molecule has 0 saturated heterocycles. The van der Waals surface area contributed by atoms with Crippen LogP contribution in [0.5, 0.6) is 0 Å². The average Bonchev–Trinajstić information content (AvgIpc) is 3.65. The van der Waals surface area contributed by atoms with Crippen molar-refractivity contribution in [3.8, 4) is 39.9 Å². The van der Waals surface area contributed by atoms with Gasteiger partial charge in [0, 0.05) is 42.9 Å². The normalized spacial score (nSPS) is 12.9. The van der Waals surface area contributed by atoms with E-state index in [9.17, 15) is 0 Å². The summed E-state index contributed by atoms with van der Waals surface area (Å²) in [5.74, 6) is 1.76. The molecule has 0 amide bonds. The summed E-state index contributed by atoms with van der Waals surface area (Å²) in [7, 11) is 0. The zero-order valence-corrected chi connectivity index (χ0v) is 24.1. The number of para-hydroxylation sites is 2. The lowest BCUT2D eigenvalue weighted by atomic mass is 10.1. The molecule has 0 aliphatic rings. The fourth-order valence-corrected chi connectivity index (χ4v) is 7.30. The summed E-state index contributed by atoms with van der Waals surface area (Å²) in [5.41, 5.74) is 4.76. The number of fused-ring (bicyclic) bond motifs is 6. The van der Waals surface area contributed by atoms with E-state index in [4.69, 9.17) is 20.4 Å². The molecule has 6 aromatic carbocycles. The number of rotatable bonds is 4. The Hall–Kier alpha value is -5.65. The molecule has 0 bridgehead atoms. The lowest BCUT2D eigenvalue weighted by Crippen LogP contribution is -2.00. The van der Waals surface area contributed by atoms with Crippen molar-refractivity contribution in [1.82, 2.24) is 19.5 Å². The van der Waals surface area contributed by atoms with Crippen molar-refractivity contribution in [1.29, 1.82) is 0 Å². The molecule has 0 aliphatic heterocycles. The van der Waals surface area contributed by atoms with E-state index in [1.807, 2.05) is 89.5 Å². The summed E-state index contributed by atoms with van der Waals surface area (Å²) in [5, 5.41) is 3.47. The third-order valence-corrected chi connectivity index (χ3v) is 9.25. The fourth-order valence-electron chi connectivity index (χ4n) is 5.98. The van der Waals surface area contributed by atoms with Crippen LogP contribution in [0.1, 0.15) is 5.48 Å². The van der Waals surface area contributed by atoms with Gasteiger partial charge in [-0.15, -0.1) is 11.3 Å². The van der Waals surface area contributed by atoms with Gasteiger partial charge in [-0.05, 0) is 24.2 Å². The van der Waals surface area contributed by atoms with Crippen LogP contribution in [0.2, 0.25) is 0 Å². The highest BCUT2D eigenvalue weighted by molar-refractivity contribution is 7.26. The van der Waals surface area contributed by atoms with Crippen LogP contribution in [0.15, 0.2) is 145 Å². The van der Waals surface area contributed by atoms with E-state index < -0.39 is 0 Å². The number of nitrogens with zero attached hydrogens (tertiary/aromatic N) is 4. The van der Waals surface area contributed by atoms with Crippen molar-refractivity contribution in [3.63, 3.8) is 0 Å². The maximum absolute atomic E-state index is 8.93. The van der Waals surface area contributed by atoms with Crippen molar-refractivity contribution < 1.29 is 5.48 Å². The zero-order chi connectivity index (χ0) is 32.5. The molecule has 0 atom stereocenters. The Morgan fingerprint density at radius 3 is 1.64 bits per heavy atom. The molecule has 0 radical (unpaired) electrons. The number of hydrogen-bond acceptors (Lipinski definition) is 4. The molecule has 206 valence electrons.